The topological polar surface area (TPSA) is 64.7 Å². The van der Waals surface area contributed by atoms with Crippen molar-refractivity contribution >= 4 is 35.5 Å². The quantitative estimate of drug-likeness (QED) is 0.113. The molecule has 0 saturated heterocycles. The summed E-state index contributed by atoms with van der Waals surface area (Å²) in [6.07, 6.45) is 9.16. The summed E-state index contributed by atoms with van der Waals surface area (Å²) in [5.74, 6) is 1.22. The molecule has 6 aromatic rings. The van der Waals surface area contributed by atoms with E-state index in [0.29, 0.717) is 23.1 Å². The Bertz CT molecular complexity index is 1890. The molecule has 0 aliphatic rings. The summed E-state index contributed by atoms with van der Waals surface area (Å²) in [6.45, 7) is 18.1. The van der Waals surface area contributed by atoms with Crippen molar-refractivity contribution in [2.75, 3.05) is 0 Å². The van der Waals surface area contributed by atoms with E-state index in [9.17, 15) is 0 Å². The summed E-state index contributed by atoms with van der Waals surface area (Å²) in [7, 11) is -1.34. The predicted molar refractivity (Wildman–Crippen MR) is 189 cm³/mol. The van der Waals surface area contributed by atoms with Gasteiger partial charge in [0.15, 0.2) is 0 Å². The first-order valence-electron chi connectivity index (χ1n) is 16.1. The molecule has 5 nitrogen and oxygen atoms in total. The van der Waals surface area contributed by atoms with Crippen LogP contribution in [-0.2, 0) is 26.5 Å². The van der Waals surface area contributed by atoms with Crippen LogP contribution >= 0.6 is 0 Å². The second-order valence-electron chi connectivity index (χ2n) is 13.2. The van der Waals surface area contributed by atoms with E-state index in [4.69, 9.17) is 4.42 Å². The number of hydrogen-bond acceptors (Lipinski definition) is 5. The molecule has 0 spiro atoms. The molecule has 5 heterocycles. The van der Waals surface area contributed by atoms with E-state index in [2.05, 4.69) is 110 Å². The molecule has 5 aromatic heterocycles. The average molecular weight is 805 g/mol. The number of fused-ring (bicyclic) bond motifs is 3. The molecule has 46 heavy (non-hydrogen) atoms. The Morgan fingerprint density at radius 3 is 2.30 bits per heavy atom. The third-order valence-electron chi connectivity index (χ3n) is 8.17. The maximum absolute atomic E-state index is 5.86. The number of pyridine rings is 4. The van der Waals surface area contributed by atoms with Gasteiger partial charge in [-0.15, -0.1) is 41.5 Å². The maximum Gasteiger partial charge on any atom is 0.217 e. The van der Waals surface area contributed by atoms with Crippen LogP contribution in [0.3, 0.4) is 0 Å². The summed E-state index contributed by atoms with van der Waals surface area (Å²) in [6, 6.07) is 25.1. The van der Waals surface area contributed by atoms with Crippen molar-refractivity contribution in [2.45, 2.75) is 79.4 Å². The first kappa shape index (κ1) is 35.3. The molecule has 6 rings (SSSR count). The Morgan fingerprint density at radius 2 is 1.63 bits per heavy atom. The summed E-state index contributed by atoms with van der Waals surface area (Å²) in [5.41, 5.74) is 9.58. The SMILES string of the molecule is CC(C)Cc1cc(-c2[c-]cccc2)ncc1[Si](C)(C)C.CCC(CC)c1ccnc(-c2[c-]c3oc4nc(C)ccc4c3nc2)c1.[Ir]. The van der Waals surface area contributed by atoms with Gasteiger partial charge in [-0.05, 0) is 66.7 Å². The van der Waals surface area contributed by atoms with Crippen molar-refractivity contribution in [3.63, 3.8) is 0 Å². The number of benzene rings is 1. The van der Waals surface area contributed by atoms with Gasteiger partial charge in [0.2, 0.25) is 5.71 Å². The van der Waals surface area contributed by atoms with E-state index < -0.39 is 8.07 Å². The molecule has 0 atom stereocenters. The van der Waals surface area contributed by atoms with Gasteiger partial charge in [0, 0.05) is 49.1 Å². The van der Waals surface area contributed by atoms with Gasteiger partial charge in [-0.1, -0.05) is 88.9 Å². The molecule has 0 amide bonds. The molecule has 0 unspecified atom stereocenters. The first-order valence-corrected chi connectivity index (χ1v) is 19.6. The Balaban J connectivity index is 0.000000210. The molecule has 0 saturated carbocycles. The average Bonchev–Trinajstić information content (AvgIpc) is 3.38. The second-order valence-corrected chi connectivity index (χ2v) is 18.3. The minimum absolute atomic E-state index is 0. The fraction of sp³-hybridized carbons (Fsp3) is 0.333. The van der Waals surface area contributed by atoms with Gasteiger partial charge in [-0.3, -0.25) is 0 Å². The Hall–Kier alpha value is -3.51. The molecule has 0 bridgehead atoms. The van der Waals surface area contributed by atoms with Gasteiger partial charge < -0.3 is 19.4 Å². The van der Waals surface area contributed by atoms with Gasteiger partial charge >= 0.3 is 0 Å². The summed E-state index contributed by atoms with van der Waals surface area (Å²) in [4.78, 5) is 18.2. The van der Waals surface area contributed by atoms with E-state index in [0.717, 1.165) is 58.4 Å². The van der Waals surface area contributed by atoms with E-state index >= 15 is 0 Å². The first-order chi connectivity index (χ1) is 21.6. The third-order valence-corrected chi connectivity index (χ3v) is 10.2. The summed E-state index contributed by atoms with van der Waals surface area (Å²) >= 11 is 0. The number of rotatable bonds is 8. The fourth-order valence-corrected chi connectivity index (χ4v) is 7.36. The van der Waals surface area contributed by atoms with E-state index in [1.54, 1.807) is 0 Å². The summed E-state index contributed by atoms with van der Waals surface area (Å²) in [5, 5.41) is 2.41. The molecule has 0 N–H and O–H groups in total. The van der Waals surface area contributed by atoms with E-state index in [1.807, 2.05) is 49.6 Å². The Kier molecular flexibility index (Phi) is 11.8. The molecule has 1 aromatic carbocycles. The minimum atomic E-state index is -1.34. The number of nitrogens with zero attached hydrogens (tertiary/aromatic N) is 4. The molecule has 241 valence electrons. The van der Waals surface area contributed by atoms with Gasteiger partial charge in [-0.25, -0.2) is 4.98 Å². The normalized spacial score (nSPS) is 11.5. The molecular weight excluding hydrogens is 761 g/mol. The van der Waals surface area contributed by atoms with Crippen molar-refractivity contribution in [3.05, 3.63) is 102 Å². The second kappa shape index (κ2) is 15.4. The molecule has 0 fully saturated rings. The van der Waals surface area contributed by atoms with Gasteiger partial charge in [0.1, 0.15) is 0 Å². The van der Waals surface area contributed by atoms with E-state index in [-0.39, 0.29) is 20.1 Å². The number of hydrogen-bond donors (Lipinski definition) is 0. The zero-order valence-corrected chi connectivity index (χ0v) is 31.6. The number of aryl methyl sites for hydroxylation is 1. The molecule has 1 radical (unpaired) electrons. The smallest absolute Gasteiger partial charge is 0.217 e. The van der Waals surface area contributed by atoms with Crippen LogP contribution in [0.1, 0.15) is 63.3 Å². The third kappa shape index (κ3) is 8.25. The van der Waals surface area contributed by atoms with E-state index in [1.165, 1.54) is 16.3 Å². The van der Waals surface area contributed by atoms with Gasteiger partial charge in [0.05, 0.1) is 13.7 Å². The van der Waals surface area contributed by atoms with Gasteiger partial charge in [-0.2, -0.15) is 0 Å². The zero-order chi connectivity index (χ0) is 32.1. The van der Waals surface area contributed by atoms with Crippen LogP contribution in [0, 0.1) is 25.0 Å². The van der Waals surface area contributed by atoms with Crippen LogP contribution in [-0.4, -0.2) is 28.0 Å². The van der Waals surface area contributed by atoms with Gasteiger partial charge in [0.25, 0.3) is 0 Å². The van der Waals surface area contributed by atoms with Crippen LogP contribution < -0.4 is 5.19 Å². The zero-order valence-electron chi connectivity index (χ0n) is 28.2. The molecular formula is C39H44IrN4OSi-2. The largest absolute Gasteiger partial charge is 0.457 e. The van der Waals surface area contributed by atoms with Crippen LogP contribution in [0.15, 0.2) is 77.6 Å². The minimum Gasteiger partial charge on any atom is -0.457 e. The van der Waals surface area contributed by atoms with Crippen molar-refractivity contribution in [3.8, 4) is 22.5 Å². The monoisotopic (exact) mass is 805 g/mol. The van der Waals surface area contributed by atoms with Crippen molar-refractivity contribution < 1.29 is 24.5 Å². The fourth-order valence-electron chi connectivity index (χ4n) is 5.77. The molecule has 7 heteroatoms. The predicted octanol–water partition coefficient (Wildman–Crippen LogP) is 9.74. The van der Waals surface area contributed by atoms with Crippen LogP contribution in [0.4, 0.5) is 0 Å². The molecule has 0 aliphatic heterocycles. The molecule has 0 aliphatic carbocycles. The van der Waals surface area contributed by atoms with Crippen molar-refractivity contribution in [1.29, 1.82) is 0 Å². The van der Waals surface area contributed by atoms with Crippen LogP contribution in [0.5, 0.6) is 0 Å². The van der Waals surface area contributed by atoms with Crippen molar-refractivity contribution in [1.82, 2.24) is 19.9 Å². The van der Waals surface area contributed by atoms with Crippen LogP contribution in [0.25, 0.3) is 44.7 Å². The Labute approximate surface area is 288 Å². The number of aromatic nitrogens is 4. The Morgan fingerprint density at radius 1 is 0.870 bits per heavy atom. The maximum atomic E-state index is 5.86. The standard InChI is InChI=1S/C21H20N3O.C18H24NSi.Ir/c1-4-14(5-2)15-8-9-22-18(10-15)16-11-19-20(23-12-16)17-7-6-13(3)24-21(17)25-19;1-14(2)11-16-12-17(15-9-7-6-8-10-15)19-13-18(16)20(3,4)5;/h6-10,12,14H,4-5H2,1-3H3;6-9,12-14H,11H2,1-5H3;/q2*-1;. The summed E-state index contributed by atoms with van der Waals surface area (Å²) < 4.78 is 5.86. The van der Waals surface area contributed by atoms with Crippen molar-refractivity contribution in [2.24, 2.45) is 5.92 Å². The van der Waals surface area contributed by atoms with Crippen LogP contribution in [0.2, 0.25) is 19.6 Å². The number of furan rings is 1.